The average molecular weight is 411 g/mol. The van der Waals surface area contributed by atoms with Gasteiger partial charge in [-0.05, 0) is 93.0 Å². The van der Waals surface area contributed by atoms with Gasteiger partial charge in [0.05, 0.1) is 0 Å². The van der Waals surface area contributed by atoms with Crippen LogP contribution in [0.15, 0.2) is 23.8 Å². The fourth-order valence-electron chi connectivity index (χ4n) is 8.79. The van der Waals surface area contributed by atoms with Gasteiger partial charge in [0.25, 0.3) is 0 Å². The van der Waals surface area contributed by atoms with Crippen molar-refractivity contribution in [3.8, 4) is 0 Å². The lowest BCUT2D eigenvalue weighted by Gasteiger charge is -2.58. The minimum Gasteiger partial charge on any atom is -0.294 e. The van der Waals surface area contributed by atoms with E-state index in [9.17, 15) is 4.79 Å². The standard InChI is InChI=1S/C29H46O/c1-19(2)9-8-10-20(3)22-12-13-23-21-11-14-25-27(4,5)26(30)16-18-29(25,7)24(21)15-17-28(22,23)6/h14,16,18-24H,8-13,15,17H2,1-7H3/t20-,21+,22-,23+,24+,28-,29-/m1/s1. The molecule has 0 bridgehead atoms. The lowest BCUT2D eigenvalue weighted by Crippen LogP contribution is -2.52. The van der Waals surface area contributed by atoms with Crippen molar-refractivity contribution >= 4 is 5.78 Å². The SMILES string of the molecule is CC(C)CCC[C@@H](C)[C@H]1CC[C@H]2[C@@H]3CC=C4C(C)(C)C(=O)C=C[C@]4(C)[C@H]3CC[C@]12C. The summed E-state index contributed by atoms with van der Waals surface area (Å²) in [6.07, 6.45) is 17.7. The largest absolute Gasteiger partial charge is 0.294 e. The van der Waals surface area contributed by atoms with E-state index in [1.807, 2.05) is 6.08 Å². The van der Waals surface area contributed by atoms with Crippen molar-refractivity contribution in [1.29, 1.82) is 0 Å². The molecule has 0 heterocycles. The maximum atomic E-state index is 12.6. The van der Waals surface area contributed by atoms with Crippen LogP contribution in [0.5, 0.6) is 0 Å². The molecule has 0 aromatic heterocycles. The van der Waals surface area contributed by atoms with Crippen molar-refractivity contribution in [3.63, 3.8) is 0 Å². The quantitative estimate of drug-likeness (QED) is 0.419. The van der Waals surface area contributed by atoms with E-state index in [2.05, 4.69) is 60.6 Å². The monoisotopic (exact) mass is 410 g/mol. The van der Waals surface area contributed by atoms with Gasteiger partial charge in [-0.1, -0.05) is 71.6 Å². The van der Waals surface area contributed by atoms with Gasteiger partial charge in [0.2, 0.25) is 0 Å². The smallest absolute Gasteiger partial charge is 0.165 e. The molecule has 4 aliphatic rings. The van der Waals surface area contributed by atoms with Gasteiger partial charge in [-0.25, -0.2) is 0 Å². The van der Waals surface area contributed by atoms with Crippen LogP contribution in [-0.2, 0) is 4.79 Å². The highest BCUT2D eigenvalue weighted by Crippen LogP contribution is 2.67. The molecule has 1 heteroatoms. The maximum Gasteiger partial charge on any atom is 0.165 e. The molecule has 0 radical (unpaired) electrons. The van der Waals surface area contributed by atoms with Crippen LogP contribution in [0.25, 0.3) is 0 Å². The van der Waals surface area contributed by atoms with Crippen LogP contribution in [0, 0.1) is 51.8 Å². The number of carbonyl (C=O) groups excluding carboxylic acids is 1. The van der Waals surface area contributed by atoms with Crippen molar-refractivity contribution in [2.75, 3.05) is 0 Å². The minimum absolute atomic E-state index is 0.0859. The molecular weight excluding hydrogens is 364 g/mol. The summed E-state index contributed by atoms with van der Waals surface area (Å²) in [5.41, 5.74) is 1.72. The van der Waals surface area contributed by atoms with E-state index < -0.39 is 0 Å². The molecule has 0 aromatic carbocycles. The zero-order valence-corrected chi connectivity index (χ0v) is 20.8. The first-order valence-electron chi connectivity index (χ1n) is 13.0. The molecule has 0 N–H and O–H groups in total. The van der Waals surface area contributed by atoms with Crippen LogP contribution < -0.4 is 0 Å². The van der Waals surface area contributed by atoms with E-state index in [1.165, 1.54) is 56.9 Å². The molecule has 0 amide bonds. The third kappa shape index (κ3) is 3.29. The van der Waals surface area contributed by atoms with Crippen molar-refractivity contribution < 1.29 is 4.79 Å². The molecule has 2 fully saturated rings. The highest BCUT2D eigenvalue weighted by Gasteiger charge is 2.60. The van der Waals surface area contributed by atoms with E-state index in [1.54, 1.807) is 0 Å². The fraction of sp³-hybridized carbons (Fsp3) is 0.828. The second-order valence-corrected chi connectivity index (χ2v) is 12.9. The Morgan fingerprint density at radius 3 is 2.43 bits per heavy atom. The molecule has 30 heavy (non-hydrogen) atoms. The van der Waals surface area contributed by atoms with Gasteiger partial charge in [-0.3, -0.25) is 4.79 Å². The molecule has 7 atom stereocenters. The van der Waals surface area contributed by atoms with Gasteiger partial charge >= 0.3 is 0 Å². The highest BCUT2D eigenvalue weighted by atomic mass is 16.1. The second kappa shape index (κ2) is 7.63. The Hall–Kier alpha value is -0.850. The highest BCUT2D eigenvalue weighted by molar-refractivity contribution is 5.98. The molecule has 1 nitrogen and oxygen atoms in total. The van der Waals surface area contributed by atoms with E-state index >= 15 is 0 Å². The first kappa shape index (κ1) is 22.3. The first-order valence-corrected chi connectivity index (χ1v) is 13.0. The van der Waals surface area contributed by atoms with Crippen molar-refractivity contribution in [2.45, 2.75) is 99.8 Å². The van der Waals surface area contributed by atoms with Gasteiger partial charge in [0, 0.05) is 10.8 Å². The zero-order valence-electron chi connectivity index (χ0n) is 20.8. The number of hydrogen-bond donors (Lipinski definition) is 0. The summed E-state index contributed by atoms with van der Waals surface area (Å²) >= 11 is 0. The zero-order chi connectivity index (χ0) is 21.9. The Bertz CT molecular complexity index is 739. The Labute approximate surface area is 186 Å². The van der Waals surface area contributed by atoms with Crippen LogP contribution >= 0.6 is 0 Å². The molecule has 0 unspecified atom stereocenters. The van der Waals surface area contributed by atoms with Crippen LogP contribution in [0.3, 0.4) is 0 Å². The van der Waals surface area contributed by atoms with Gasteiger partial charge in [0.1, 0.15) is 0 Å². The van der Waals surface area contributed by atoms with E-state index in [-0.39, 0.29) is 10.8 Å². The van der Waals surface area contributed by atoms with Crippen LogP contribution in [0.4, 0.5) is 0 Å². The van der Waals surface area contributed by atoms with E-state index in [0.717, 1.165) is 29.6 Å². The molecule has 168 valence electrons. The normalized spacial score (nSPS) is 43.1. The number of rotatable bonds is 5. The predicted octanol–water partition coefficient (Wildman–Crippen LogP) is 8.01. The number of fused-ring (bicyclic) bond motifs is 5. The summed E-state index contributed by atoms with van der Waals surface area (Å²) in [5.74, 6) is 5.30. The number of allylic oxidation sites excluding steroid dienone is 4. The summed E-state index contributed by atoms with van der Waals surface area (Å²) in [6, 6.07) is 0. The van der Waals surface area contributed by atoms with E-state index in [0.29, 0.717) is 17.1 Å². The van der Waals surface area contributed by atoms with Crippen molar-refractivity contribution in [2.24, 2.45) is 51.8 Å². The molecule has 0 saturated heterocycles. The van der Waals surface area contributed by atoms with Crippen LogP contribution in [0.2, 0.25) is 0 Å². The minimum atomic E-state index is -0.321. The second-order valence-electron chi connectivity index (χ2n) is 12.9. The molecule has 0 aliphatic heterocycles. The molecular formula is C29H46O. The average Bonchev–Trinajstić information content (AvgIpc) is 3.02. The van der Waals surface area contributed by atoms with Crippen molar-refractivity contribution in [1.82, 2.24) is 0 Å². The fourth-order valence-corrected chi connectivity index (χ4v) is 8.79. The summed E-state index contributed by atoms with van der Waals surface area (Å²) < 4.78 is 0. The molecule has 0 spiro atoms. The van der Waals surface area contributed by atoms with E-state index in [4.69, 9.17) is 0 Å². The summed E-state index contributed by atoms with van der Waals surface area (Å²) in [4.78, 5) is 12.6. The third-order valence-electron chi connectivity index (χ3n) is 10.5. The Morgan fingerprint density at radius 1 is 1.00 bits per heavy atom. The summed E-state index contributed by atoms with van der Waals surface area (Å²) in [6.45, 7) is 16.7. The number of hydrogen-bond acceptors (Lipinski definition) is 1. The molecule has 0 aromatic rings. The number of carbonyl (C=O) groups is 1. The van der Waals surface area contributed by atoms with Crippen LogP contribution in [0.1, 0.15) is 99.8 Å². The Kier molecular flexibility index (Phi) is 5.68. The van der Waals surface area contributed by atoms with Gasteiger partial charge in [-0.15, -0.1) is 0 Å². The van der Waals surface area contributed by atoms with Crippen molar-refractivity contribution in [3.05, 3.63) is 23.8 Å². The molecule has 4 aliphatic carbocycles. The lowest BCUT2D eigenvalue weighted by atomic mass is 9.45. The molecule has 2 saturated carbocycles. The van der Waals surface area contributed by atoms with Gasteiger partial charge < -0.3 is 0 Å². The van der Waals surface area contributed by atoms with Gasteiger partial charge in [-0.2, -0.15) is 0 Å². The Morgan fingerprint density at radius 2 is 1.73 bits per heavy atom. The maximum absolute atomic E-state index is 12.6. The molecule has 4 rings (SSSR count). The Balaban J connectivity index is 1.56. The first-order chi connectivity index (χ1) is 14.0. The topological polar surface area (TPSA) is 17.1 Å². The lowest BCUT2D eigenvalue weighted by molar-refractivity contribution is -0.122. The summed E-state index contributed by atoms with van der Waals surface area (Å²) in [5, 5.41) is 0. The summed E-state index contributed by atoms with van der Waals surface area (Å²) in [7, 11) is 0. The van der Waals surface area contributed by atoms with Crippen LogP contribution in [-0.4, -0.2) is 5.78 Å². The number of ketones is 1. The van der Waals surface area contributed by atoms with Gasteiger partial charge in [0.15, 0.2) is 5.78 Å². The third-order valence-corrected chi connectivity index (χ3v) is 10.5. The predicted molar refractivity (Wildman–Crippen MR) is 127 cm³/mol.